The molecule has 1 aromatic carbocycles. The monoisotopic (exact) mass is 253 g/mol. The fraction of sp³-hybridized carbons (Fsp3) is 0.625. The van der Waals surface area contributed by atoms with E-state index in [9.17, 15) is 4.39 Å². The van der Waals surface area contributed by atoms with Gasteiger partial charge in [-0.25, -0.2) is 0 Å². The molecule has 0 aliphatic carbocycles. The molecule has 1 aliphatic rings. The van der Waals surface area contributed by atoms with E-state index in [1.807, 2.05) is 13.8 Å². The molecule has 18 heavy (non-hydrogen) atoms. The Bertz CT molecular complexity index is 286. The lowest BCUT2D eigenvalue weighted by atomic mass is 10.1. The van der Waals surface area contributed by atoms with Gasteiger partial charge in [0, 0.05) is 12.6 Å². The van der Waals surface area contributed by atoms with E-state index in [0.29, 0.717) is 13.2 Å². The van der Waals surface area contributed by atoms with Gasteiger partial charge in [0.2, 0.25) is 0 Å². The third-order valence-electron chi connectivity index (χ3n) is 3.28. The van der Waals surface area contributed by atoms with Crippen molar-refractivity contribution in [3.8, 4) is 0 Å². The average molecular weight is 253 g/mol. The van der Waals surface area contributed by atoms with Crippen LogP contribution in [0.2, 0.25) is 0 Å². The Morgan fingerprint density at radius 2 is 1.72 bits per heavy atom. The third kappa shape index (κ3) is 5.18. The predicted molar refractivity (Wildman–Crippen MR) is 78.6 cm³/mol. The van der Waals surface area contributed by atoms with Crippen molar-refractivity contribution < 1.29 is 4.39 Å². The number of likely N-dealkylation sites (tertiary alicyclic amines) is 1. The Labute approximate surface area is 112 Å². The van der Waals surface area contributed by atoms with Crippen molar-refractivity contribution in [3.05, 3.63) is 35.9 Å². The minimum atomic E-state index is 0.500. The van der Waals surface area contributed by atoms with Crippen molar-refractivity contribution in [2.24, 2.45) is 5.92 Å². The van der Waals surface area contributed by atoms with Crippen LogP contribution in [0.15, 0.2) is 30.3 Å². The van der Waals surface area contributed by atoms with Gasteiger partial charge in [0.05, 0.1) is 7.18 Å². The second-order valence-corrected chi connectivity index (χ2v) is 4.48. The van der Waals surface area contributed by atoms with Gasteiger partial charge in [0.15, 0.2) is 0 Å². The molecule has 0 aromatic heterocycles. The van der Waals surface area contributed by atoms with E-state index in [0.717, 1.165) is 5.92 Å². The van der Waals surface area contributed by atoms with Crippen molar-refractivity contribution >= 4 is 0 Å². The zero-order valence-corrected chi connectivity index (χ0v) is 12.5. The van der Waals surface area contributed by atoms with Crippen molar-refractivity contribution in [1.29, 1.82) is 0 Å². The SMILES string of the molecule is CC.CC1CCN(C(C)c2ccccc2)C1.CF. The normalized spacial score (nSPS) is 20.2. The van der Waals surface area contributed by atoms with Crippen LogP contribution in [-0.2, 0) is 0 Å². The average Bonchev–Trinajstić information content (AvgIpc) is 2.90. The molecule has 0 N–H and O–H groups in total. The van der Waals surface area contributed by atoms with Crippen LogP contribution in [0, 0.1) is 5.92 Å². The van der Waals surface area contributed by atoms with Gasteiger partial charge in [0.25, 0.3) is 0 Å². The number of hydrogen-bond donors (Lipinski definition) is 0. The lowest BCUT2D eigenvalue weighted by Crippen LogP contribution is -2.24. The minimum absolute atomic E-state index is 0.500. The molecule has 1 aromatic rings. The number of hydrogen-bond acceptors (Lipinski definition) is 1. The van der Waals surface area contributed by atoms with Crippen LogP contribution in [0.1, 0.15) is 45.7 Å². The highest BCUT2D eigenvalue weighted by Crippen LogP contribution is 2.26. The smallest absolute Gasteiger partial charge is 0.0785 e. The Morgan fingerprint density at radius 3 is 2.17 bits per heavy atom. The molecule has 2 heteroatoms. The summed E-state index contributed by atoms with van der Waals surface area (Å²) in [5.74, 6) is 0.876. The minimum Gasteiger partial charge on any atom is -0.296 e. The second kappa shape index (κ2) is 10.1. The highest BCUT2D eigenvalue weighted by Gasteiger charge is 2.23. The van der Waals surface area contributed by atoms with Gasteiger partial charge in [-0.3, -0.25) is 9.29 Å². The fourth-order valence-electron chi connectivity index (χ4n) is 2.26. The molecule has 1 fully saturated rings. The maximum absolute atomic E-state index is 9.50. The topological polar surface area (TPSA) is 3.24 Å². The zero-order chi connectivity index (χ0) is 14.0. The molecule has 2 rings (SSSR count). The van der Waals surface area contributed by atoms with Gasteiger partial charge in [-0.05, 0) is 31.4 Å². The van der Waals surface area contributed by atoms with Gasteiger partial charge >= 0.3 is 0 Å². The van der Waals surface area contributed by atoms with E-state index in [-0.39, 0.29) is 0 Å². The molecule has 2 unspecified atom stereocenters. The van der Waals surface area contributed by atoms with Crippen molar-refractivity contribution in [2.45, 2.75) is 40.2 Å². The molecular formula is C16H28FN. The Balaban J connectivity index is 0.000000659. The first-order valence-electron chi connectivity index (χ1n) is 6.94. The summed E-state index contributed by atoms with van der Waals surface area (Å²) in [7, 11) is 0.500. The van der Waals surface area contributed by atoms with E-state index in [2.05, 4.69) is 49.1 Å². The highest BCUT2D eigenvalue weighted by molar-refractivity contribution is 5.18. The molecule has 2 atom stereocenters. The standard InChI is InChI=1S/C13H19N.C2H6.CH3F/c1-11-8-9-14(10-11)12(2)13-6-4-3-5-7-13;2*1-2/h3-7,11-12H,8-10H2,1-2H3;1-2H3;1H3. The molecule has 1 nitrogen and oxygen atoms in total. The van der Waals surface area contributed by atoms with E-state index < -0.39 is 0 Å². The first kappa shape index (κ1) is 17.1. The van der Waals surface area contributed by atoms with Crippen LogP contribution in [0.25, 0.3) is 0 Å². The quantitative estimate of drug-likeness (QED) is 0.738. The Hall–Kier alpha value is -0.890. The van der Waals surface area contributed by atoms with Gasteiger partial charge in [0.1, 0.15) is 0 Å². The number of nitrogens with zero attached hydrogens (tertiary/aromatic N) is 1. The summed E-state index contributed by atoms with van der Waals surface area (Å²) in [4.78, 5) is 2.58. The summed E-state index contributed by atoms with van der Waals surface area (Å²) < 4.78 is 9.50. The summed E-state index contributed by atoms with van der Waals surface area (Å²) in [5.41, 5.74) is 1.45. The summed E-state index contributed by atoms with van der Waals surface area (Å²) in [6, 6.07) is 11.4. The molecule has 1 aliphatic heterocycles. The predicted octanol–water partition coefficient (Wildman–Crippen LogP) is 4.70. The molecule has 0 bridgehead atoms. The van der Waals surface area contributed by atoms with Crippen molar-refractivity contribution in [2.75, 3.05) is 20.3 Å². The highest BCUT2D eigenvalue weighted by atomic mass is 19.1. The summed E-state index contributed by atoms with van der Waals surface area (Å²) in [6.45, 7) is 11.2. The number of benzene rings is 1. The molecule has 0 amide bonds. The molecule has 0 radical (unpaired) electrons. The van der Waals surface area contributed by atoms with Crippen LogP contribution < -0.4 is 0 Å². The molecule has 0 spiro atoms. The van der Waals surface area contributed by atoms with Crippen LogP contribution in [0.3, 0.4) is 0 Å². The van der Waals surface area contributed by atoms with Gasteiger partial charge in [-0.15, -0.1) is 0 Å². The zero-order valence-electron chi connectivity index (χ0n) is 12.5. The fourth-order valence-corrected chi connectivity index (χ4v) is 2.26. The first-order valence-corrected chi connectivity index (χ1v) is 6.94. The van der Waals surface area contributed by atoms with Gasteiger partial charge < -0.3 is 0 Å². The Morgan fingerprint density at radius 1 is 1.17 bits per heavy atom. The summed E-state index contributed by atoms with van der Waals surface area (Å²) >= 11 is 0. The van der Waals surface area contributed by atoms with E-state index >= 15 is 0 Å². The van der Waals surface area contributed by atoms with Gasteiger partial charge in [-0.2, -0.15) is 0 Å². The number of rotatable bonds is 2. The first-order chi connectivity index (χ1) is 8.77. The summed E-state index contributed by atoms with van der Waals surface area (Å²) in [6.07, 6.45) is 1.36. The van der Waals surface area contributed by atoms with Crippen LogP contribution in [0.5, 0.6) is 0 Å². The maximum atomic E-state index is 9.50. The lowest BCUT2D eigenvalue weighted by Gasteiger charge is -2.24. The number of halogens is 1. The molecular weight excluding hydrogens is 225 g/mol. The molecule has 0 saturated carbocycles. The third-order valence-corrected chi connectivity index (χ3v) is 3.28. The maximum Gasteiger partial charge on any atom is 0.0785 e. The molecule has 1 heterocycles. The van der Waals surface area contributed by atoms with Gasteiger partial charge in [-0.1, -0.05) is 51.1 Å². The van der Waals surface area contributed by atoms with Crippen LogP contribution >= 0.6 is 0 Å². The largest absolute Gasteiger partial charge is 0.296 e. The molecule has 1 saturated heterocycles. The van der Waals surface area contributed by atoms with E-state index in [4.69, 9.17) is 0 Å². The molecule has 104 valence electrons. The summed E-state index contributed by atoms with van der Waals surface area (Å²) in [5, 5.41) is 0. The number of alkyl halides is 1. The lowest BCUT2D eigenvalue weighted by molar-refractivity contribution is 0.255. The van der Waals surface area contributed by atoms with E-state index in [1.54, 1.807) is 0 Å². The van der Waals surface area contributed by atoms with E-state index in [1.165, 1.54) is 25.1 Å². The van der Waals surface area contributed by atoms with Crippen molar-refractivity contribution in [3.63, 3.8) is 0 Å². The second-order valence-electron chi connectivity index (χ2n) is 4.48. The van der Waals surface area contributed by atoms with Crippen LogP contribution in [0.4, 0.5) is 4.39 Å². The van der Waals surface area contributed by atoms with Crippen molar-refractivity contribution in [1.82, 2.24) is 4.90 Å². The van der Waals surface area contributed by atoms with Crippen LogP contribution in [-0.4, -0.2) is 25.2 Å². The Kier molecular flexibility index (Phi) is 9.57.